The lowest BCUT2D eigenvalue weighted by atomic mass is 9.92. The summed E-state index contributed by atoms with van der Waals surface area (Å²) in [6, 6.07) is 34.3. The van der Waals surface area contributed by atoms with Crippen molar-refractivity contribution in [3.8, 4) is 0 Å². The van der Waals surface area contributed by atoms with Gasteiger partial charge in [-0.2, -0.15) is 0 Å². The van der Waals surface area contributed by atoms with Crippen molar-refractivity contribution < 1.29 is 0 Å². The van der Waals surface area contributed by atoms with Crippen LogP contribution < -0.4 is 20.7 Å². The number of hydrogen-bond acceptors (Lipinski definition) is 0. The van der Waals surface area contributed by atoms with Crippen LogP contribution in [0.25, 0.3) is 0 Å². The largest absolute Gasteiger partial charge is 0.130 e. The molecule has 0 nitrogen and oxygen atoms in total. The van der Waals surface area contributed by atoms with Crippen LogP contribution in [0.3, 0.4) is 0 Å². The van der Waals surface area contributed by atoms with Gasteiger partial charge in [0.2, 0.25) is 0 Å². The van der Waals surface area contributed by atoms with Crippen molar-refractivity contribution in [2.75, 3.05) is 0 Å². The predicted molar refractivity (Wildman–Crippen MR) is 480 cm³/mol. The van der Waals surface area contributed by atoms with Crippen LogP contribution in [0.4, 0.5) is 0 Å². The molecule has 5 aromatic carbocycles. The van der Waals surface area contributed by atoms with Gasteiger partial charge in [-0.05, 0) is 160 Å². The lowest BCUT2D eigenvalue weighted by molar-refractivity contribution is 0.810. The minimum absolute atomic E-state index is 0.514. The first kappa shape index (κ1) is 80.8. The third-order valence-electron chi connectivity index (χ3n) is 24.3. The van der Waals surface area contributed by atoms with Gasteiger partial charge in [0.15, 0.2) is 0 Å². The van der Waals surface area contributed by atoms with E-state index in [4.69, 9.17) is 0 Å². The van der Waals surface area contributed by atoms with E-state index in [-0.39, 0.29) is 0 Å². The Hall–Kier alpha value is -0.864. The summed E-state index contributed by atoms with van der Waals surface area (Å²) in [6.07, 6.45) is 0. The van der Waals surface area contributed by atoms with Crippen LogP contribution in [-0.4, -0.2) is 113 Å². The second kappa shape index (κ2) is 25.4. The van der Waals surface area contributed by atoms with Crippen molar-refractivity contribution in [2.45, 2.75) is 330 Å². The monoisotopic (exact) mass is 1520 g/mol. The first-order chi connectivity index (χ1) is 42.8. The van der Waals surface area contributed by atoms with Crippen LogP contribution in [0.1, 0.15) is 120 Å². The molecule has 2 heterocycles. The van der Waals surface area contributed by atoms with E-state index in [9.17, 15) is 0 Å². The normalized spacial score (nSPS) is 21.9. The Morgan fingerprint density at radius 1 is 0.240 bits per heavy atom. The van der Waals surface area contributed by atoms with Crippen LogP contribution >= 0.6 is 0 Å². The molecule has 3 aliphatic rings. The maximum atomic E-state index is 3.15. The van der Waals surface area contributed by atoms with Gasteiger partial charge < -0.3 is 0 Å². The Balaban J connectivity index is 1.83. The van der Waals surface area contributed by atoms with Gasteiger partial charge in [-0.1, -0.05) is 342 Å². The van der Waals surface area contributed by atoms with Crippen molar-refractivity contribution >= 4 is 134 Å². The molecule has 0 radical (unpaired) electrons. The summed E-state index contributed by atoms with van der Waals surface area (Å²) in [4.78, 5) is 0. The van der Waals surface area contributed by atoms with Gasteiger partial charge in [0.1, 0.15) is 16.1 Å². The van der Waals surface area contributed by atoms with Crippen LogP contribution in [0, 0.1) is 41.5 Å². The Morgan fingerprint density at radius 3 is 0.583 bits per heavy atom. The minimum Gasteiger partial charge on any atom is -0.0693 e. The highest BCUT2D eigenvalue weighted by Crippen LogP contribution is 2.84. The summed E-state index contributed by atoms with van der Waals surface area (Å²) < 4.78 is 0. The first-order valence-corrected chi connectivity index (χ1v) is 85.6. The standard InChI is InChI=1S/C82H148Si14/c1-55-47-57(3)69(58(4)48-55)95(71-65(79(87(19,20)21)88(22,23)24)51-61(77(83(7,8)9)84(10,11)12)52-66(71)80(89(25,26)27)90(28,29)30)73-63-45-43-44-46-64(63)74-76(75(73)95)96(74,70-59(5)49-56(2)50-60(70)6)72-67(81(91(31,32)33)92(34,35)36)53-62(78(85(13,14)15)86(16,17)18)54-68(72)82(93(37,38)39)94(40,41)42/h43-54,73-82H,1-42H3/t73-,74-,75-,76-,95?,96?/m1/s1. The SMILES string of the molecule is Cc1cc(C)c([Si]2(c3c(C([Si](C)(C)C)[Si](C)(C)C)cc(C([Si](C)(C)C)[Si](C)(C)C)cc3C([Si](C)(C)C)[Si](C)(C)C)[C@H]3[C@H]4[C@@H](c5ccccc5[C@H]32)[Si]4(c2c(C)cc(C)cc2C)c2c(C([Si](C)(C)C)[Si](C)(C)C)cc(C([Si](C)(C)C)[Si](C)(C)C)cc2C([Si](C)(C)C)[Si](C)(C)C)c(C)c1. The molecular formula is C82H148Si14. The van der Waals surface area contributed by atoms with Crippen molar-refractivity contribution in [2.24, 2.45) is 0 Å². The number of fused-ring (bicyclic) bond motifs is 6. The molecule has 0 spiro atoms. The number of aryl methyl sites for hydroxylation is 6. The highest BCUT2D eigenvalue weighted by molar-refractivity contribution is 7.21. The van der Waals surface area contributed by atoms with Crippen molar-refractivity contribution in [3.63, 3.8) is 0 Å². The summed E-state index contributed by atoms with van der Waals surface area (Å²) >= 11 is 0. The van der Waals surface area contributed by atoms with E-state index < -0.39 is 113 Å². The van der Waals surface area contributed by atoms with Gasteiger partial charge >= 0.3 is 0 Å². The van der Waals surface area contributed by atoms with E-state index >= 15 is 0 Å². The maximum absolute atomic E-state index is 3.15. The first-order valence-electron chi connectivity index (χ1n) is 38.4. The van der Waals surface area contributed by atoms with Gasteiger partial charge in [0.25, 0.3) is 0 Å². The summed E-state index contributed by atoms with van der Waals surface area (Å²) in [6.45, 7) is 117. The molecule has 0 amide bonds. The van der Waals surface area contributed by atoms with Crippen LogP contribution in [-0.2, 0) is 0 Å². The van der Waals surface area contributed by atoms with Crippen LogP contribution in [0.2, 0.25) is 247 Å². The van der Waals surface area contributed by atoms with Crippen molar-refractivity contribution in [1.82, 2.24) is 0 Å². The van der Waals surface area contributed by atoms with Crippen LogP contribution in [0.15, 0.2) is 72.8 Å². The molecule has 6 atom stereocenters. The molecule has 1 aliphatic carbocycles. The molecule has 2 fully saturated rings. The van der Waals surface area contributed by atoms with E-state index in [0.29, 0.717) is 53.2 Å². The third-order valence-corrected chi connectivity index (χ3v) is 92.5. The number of benzene rings is 5. The Bertz CT molecular complexity index is 3290. The Morgan fingerprint density at radius 2 is 0.417 bits per heavy atom. The summed E-state index contributed by atoms with van der Waals surface area (Å²) in [5, 5.41) is 11.7. The second-order valence-corrected chi connectivity index (χ2v) is 121. The van der Waals surface area contributed by atoms with E-state index in [1.54, 1.807) is 44.5 Å². The lowest BCUT2D eigenvalue weighted by Gasteiger charge is -2.48. The molecule has 0 aromatic heterocycles. The minimum atomic E-state index is -2.99. The predicted octanol–water partition coefficient (Wildman–Crippen LogP) is 24.1. The third kappa shape index (κ3) is 14.4. The van der Waals surface area contributed by atoms with Crippen LogP contribution in [0.5, 0.6) is 0 Å². The summed E-state index contributed by atoms with van der Waals surface area (Å²) in [7, 11) is -28.7. The molecular weight excluding hydrogens is 1380 g/mol. The zero-order chi connectivity index (χ0) is 73.7. The molecule has 2 aliphatic heterocycles. The van der Waals surface area contributed by atoms with Gasteiger partial charge in [-0.25, -0.2) is 0 Å². The fourth-order valence-corrected chi connectivity index (χ4v) is 121. The highest BCUT2D eigenvalue weighted by Gasteiger charge is 2.87. The van der Waals surface area contributed by atoms with E-state index in [1.807, 2.05) is 32.6 Å². The molecule has 0 bridgehead atoms. The molecule has 96 heavy (non-hydrogen) atoms. The average molecular weight is 1530 g/mol. The van der Waals surface area contributed by atoms with Gasteiger partial charge in [0, 0.05) is 96.9 Å². The van der Waals surface area contributed by atoms with Crippen molar-refractivity contribution in [3.05, 3.63) is 151 Å². The fraction of sp³-hybridized carbons (Fsp3) is 0.634. The van der Waals surface area contributed by atoms with Gasteiger partial charge in [-0.15, -0.1) is 0 Å². The Labute approximate surface area is 609 Å². The van der Waals surface area contributed by atoms with Gasteiger partial charge in [-0.3, -0.25) is 0 Å². The summed E-state index contributed by atoms with van der Waals surface area (Å²) in [5.41, 5.74) is 26.6. The van der Waals surface area contributed by atoms with Gasteiger partial charge in [0.05, 0.1) is 0 Å². The second-order valence-electron chi connectivity index (χ2n) is 46.1. The van der Waals surface area contributed by atoms with E-state index in [1.165, 1.54) is 11.1 Å². The zero-order valence-electron chi connectivity index (χ0n) is 70.7. The molecule has 532 valence electrons. The number of hydrogen-bond donors (Lipinski definition) is 0. The molecule has 8 rings (SSSR count). The fourth-order valence-electron chi connectivity index (χ4n) is 26.1. The Kier molecular flexibility index (Phi) is 21.4. The molecule has 0 saturated carbocycles. The molecule has 5 aromatic rings. The summed E-state index contributed by atoms with van der Waals surface area (Å²) in [5.74, 6) is 0. The lowest BCUT2D eigenvalue weighted by Crippen LogP contribution is -2.62. The van der Waals surface area contributed by atoms with E-state index in [0.717, 1.165) is 0 Å². The average Bonchev–Trinajstić information content (AvgIpc) is 1.43. The smallest absolute Gasteiger partial charge is 0.0693 e. The maximum Gasteiger partial charge on any atom is 0.130 e. The molecule has 2 saturated heterocycles. The highest BCUT2D eigenvalue weighted by atomic mass is 28.4. The molecule has 0 N–H and O–H groups in total. The van der Waals surface area contributed by atoms with Crippen molar-refractivity contribution in [1.29, 1.82) is 0 Å². The topological polar surface area (TPSA) is 0 Å². The number of rotatable bonds is 22. The molecule has 14 heteroatoms. The molecule has 2 unspecified atom stereocenters. The van der Waals surface area contributed by atoms with E-state index in [2.05, 4.69) is 360 Å². The zero-order valence-corrected chi connectivity index (χ0v) is 84.7. The quantitative estimate of drug-likeness (QED) is 0.0606.